The van der Waals surface area contributed by atoms with Gasteiger partial charge < -0.3 is 10.2 Å². The van der Waals surface area contributed by atoms with Gasteiger partial charge in [0.1, 0.15) is 5.82 Å². The Hall–Kier alpha value is -2.63. The van der Waals surface area contributed by atoms with E-state index in [4.69, 9.17) is 0 Å². The van der Waals surface area contributed by atoms with Crippen molar-refractivity contribution in [2.24, 2.45) is 5.92 Å². The molecule has 1 saturated heterocycles. The van der Waals surface area contributed by atoms with Gasteiger partial charge >= 0.3 is 0 Å². The highest BCUT2D eigenvalue weighted by Gasteiger charge is 2.34. The SMILES string of the molecule is Cc1ccc(CN2C[C@@H](C(=O)Nc3ccnn3C(C)C)CC2=O)cc1. The first-order valence-electron chi connectivity index (χ1n) is 8.61. The Balaban J connectivity index is 1.62. The zero-order chi connectivity index (χ0) is 18.0. The summed E-state index contributed by atoms with van der Waals surface area (Å²) in [5.74, 6) is 0.248. The topological polar surface area (TPSA) is 67.2 Å². The van der Waals surface area contributed by atoms with Crippen LogP contribution in [0.5, 0.6) is 0 Å². The van der Waals surface area contributed by atoms with Gasteiger partial charge in [-0.05, 0) is 26.3 Å². The maximum Gasteiger partial charge on any atom is 0.230 e. The molecule has 25 heavy (non-hydrogen) atoms. The van der Waals surface area contributed by atoms with Gasteiger partial charge in [0, 0.05) is 31.6 Å². The number of hydrogen-bond donors (Lipinski definition) is 1. The molecular formula is C19H24N4O2. The van der Waals surface area contributed by atoms with Crippen LogP contribution in [-0.4, -0.2) is 33.0 Å². The van der Waals surface area contributed by atoms with Gasteiger partial charge in [0.05, 0.1) is 12.1 Å². The van der Waals surface area contributed by atoms with Crippen molar-refractivity contribution in [3.63, 3.8) is 0 Å². The monoisotopic (exact) mass is 340 g/mol. The van der Waals surface area contributed by atoms with Crippen LogP contribution in [0.4, 0.5) is 5.82 Å². The molecule has 3 rings (SSSR count). The molecule has 2 aromatic rings. The van der Waals surface area contributed by atoms with Crippen LogP contribution in [0.25, 0.3) is 0 Å². The van der Waals surface area contributed by atoms with Gasteiger partial charge in [0.2, 0.25) is 11.8 Å². The van der Waals surface area contributed by atoms with E-state index in [-0.39, 0.29) is 30.2 Å². The highest BCUT2D eigenvalue weighted by Crippen LogP contribution is 2.22. The van der Waals surface area contributed by atoms with E-state index in [9.17, 15) is 9.59 Å². The Kier molecular flexibility index (Phi) is 4.88. The van der Waals surface area contributed by atoms with Crippen LogP contribution in [0.3, 0.4) is 0 Å². The molecule has 1 atom stereocenters. The van der Waals surface area contributed by atoms with Crippen LogP contribution < -0.4 is 5.32 Å². The normalized spacial score (nSPS) is 17.4. The van der Waals surface area contributed by atoms with Crippen molar-refractivity contribution in [2.75, 3.05) is 11.9 Å². The van der Waals surface area contributed by atoms with Gasteiger partial charge in [-0.15, -0.1) is 0 Å². The van der Waals surface area contributed by atoms with Gasteiger partial charge in [-0.1, -0.05) is 29.8 Å². The van der Waals surface area contributed by atoms with Gasteiger partial charge in [-0.2, -0.15) is 5.10 Å². The summed E-state index contributed by atoms with van der Waals surface area (Å²) >= 11 is 0. The van der Waals surface area contributed by atoms with E-state index in [1.165, 1.54) is 5.56 Å². The Morgan fingerprint density at radius 3 is 2.68 bits per heavy atom. The van der Waals surface area contributed by atoms with Gasteiger partial charge in [-0.3, -0.25) is 9.59 Å². The zero-order valence-electron chi connectivity index (χ0n) is 14.9. The van der Waals surface area contributed by atoms with Crippen LogP contribution in [0, 0.1) is 12.8 Å². The quantitative estimate of drug-likeness (QED) is 0.910. The van der Waals surface area contributed by atoms with Crippen molar-refractivity contribution in [2.45, 2.75) is 39.8 Å². The minimum atomic E-state index is -0.325. The number of hydrogen-bond acceptors (Lipinski definition) is 3. The minimum absolute atomic E-state index is 0.0260. The number of carbonyl (C=O) groups is 2. The van der Waals surface area contributed by atoms with E-state index in [1.54, 1.807) is 21.8 Å². The summed E-state index contributed by atoms with van der Waals surface area (Å²) in [6, 6.07) is 10.1. The highest BCUT2D eigenvalue weighted by molar-refractivity contribution is 5.96. The molecule has 0 radical (unpaired) electrons. The van der Waals surface area contributed by atoms with E-state index in [2.05, 4.69) is 10.4 Å². The van der Waals surface area contributed by atoms with Crippen molar-refractivity contribution in [1.29, 1.82) is 0 Å². The Labute approximate surface area is 147 Å². The summed E-state index contributed by atoms with van der Waals surface area (Å²) in [6.45, 7) is 7.05. The van der Waals surface area contributed by atoms with Crippen molar-refractivity contribution in [1.82, 2.24) is 14.7 Å². The first kappa shape index (κ1) is 17.2. The lowest BCUT2D eigenvalue weighted by molar-refractivity contribution is -0.128. The van der Waals surface area contributed by atoms with Gasteiger partial charge in [0.25, 0.3) is 0 Å². The number of benzene rings is 1. The third-order valence-corrected chi connectivity index (χ3v) is 4.49. The molecule has 1 fully saturated rings. The summed E-state index contributed by atoms with van der Waals surface area (Å²) in [5, 5.41) is 7.12. The minimum Gasteiger partial charge on any atom is -0.338 e. The second kappa shape index (κ2) is 7.09. The fourth-order valence-electron chi connectivity index (χ4n) is 3.07. The Morgan fingerprint density at radius 1 is 1.28 bits per heavy atom. The maximum atomic E-state index is 12.5. The number of likely N-dealkylation sites (tertiary alicyclic amines) is 1. The number of rotatable bonds is 5. The average molecular weight is 340 g/mol. The van der Waals surface area contributed by atoms with Gasteiger partial charge in [-0.25, -0.2) is 4.68 Å². The Morgan fingerprint density at radius 2 is 2.00 bits per heavy atom. The van der Waals surface area contributed by atoms with Crippen LogP contribution in [-0.2, 0) is 16.1 Å². The van der Waals surface area contributed by atoms with E-state index in [0.29, 0.717) is 18.9 Å². The van der Waals surface area contributed by atoms with Crippen molar-refractivity contribution >= 4 is 17.6 Å². The molecule has 1 aliphatic heterocycles. The third-order valence-electron chi connectivity index (χ3n) is 4.49. The molecule has 1 aromatic heterocycles. The highest BCUT2D eigenvalue weighted by atomic mass is 16.2. The maximum absolute atomic E-state index is 12.5. The molecule has 0 saturated carbocycles. The van der Waals surface area contributed by atoms with Crippen LogP contribution >= 0.6 is 0 Å². The number of carbonyl (C=O) groups excluding carboxylic acids is 2. The Bertz CT molecular complexity index is 764. The molecule has 2 heterocycles. The van der Waals surface area contributed by atoms with Crippen LogP contribution in [0.15, 0.2) is 36.5 Å². The number of nitrogens with zero attached hydrogens (tertiary/aromatic N) is 3. The molecule has 6 nitrogen and oxygen atoms in total. The van der Waals surface area contributed by atoms with Crippen molar-refractivity contribution < 1.29 is 9.59 Å². The summed E-state index contributed by atoms with van der Waals surface area (Å²) in [4.78, 5) is 26.6. The molecule has 1 N–H and O–H groups in total. The second-order valence-electron chi connectivity index (χ2n) is 6.90. The standard InChI is InChI=1S/C19H24N4O2/c1-13(2)23-17(8-9-20-23)21-19(25)16-10-18(24)22(12-16)11-15-6-4-14(3)5-7-15/h4-9,13,16H,10-12H2,1-3H3,(H,21,25)/t16-/m0/s1. The van der Waals surface area contributed by atoms with E-state index >= 15 is 0 Å². The van der Waals surface area contributed by atoms with Crippen LogP contribution in [0.2, 0.25) is 0 Å². The summed E-state index contributed by atoms with van der Waals surface area (Å²) in [7, 11) is 0. The van der Waals surface area contributed by atoms with E-state index in [0.717, 1.165) is 5.56 Å². The predicted molar refractivity (Wildman–Crippen MR) is 95.9 cm³/mol. The number of amides is 2. The lowest BCUT2D eigenvalue weighted by atomic mass is 10.1. The first-order valence-corrected chi connectivity index (χ1v) is 8.61. The third kappa shape index (κ3) is 3.90. The van der Waals surface area contributed by atoms with Gasteiger partial charge in [0.15, 0.2) is 0 Å². The summed E-state index contributed by atoms with van der Waals surface area (Å²) < 4.78 is 1.76. The smallest absolute Gasteiger partial charge is 0.230 e. The molecule has 0 unspecified atom stereocenters. The van der Waals surface area contributed by atoms with Crippen LogP contribution in [0.1, 0.15) is 37.4 Å². The number of aryl methyl sites for hydroxylation is 1. The first-order chi connectivity index (χ1) is 11.9. The fraction of sp³-hybridized carbons (Fsp3) is 0.421. The molecule has 2 amide bonds. The van der Waals surface area contributed by atoms with E-state index < -0.39 is 0 Å². The summed E-state index contributed by atoms with van der Waals surface area (Å²) in [6.07, 6.45) is 1.92. The fourth-order valence-corrected chi connectivity index (χ4v) is 3.07. The molecule has 6 heteroatoms. The molecule has 1 aliphatic rings. The zero-order valence-corrected chi connectivity index (χ0v) is 14.9. The largest absolute Gasteiger partial charge is 0.338 e. The molecule has 0 aliphatic carbocycles. The molecule has 1 aromatic carbocycles. The number of anilines is 1. The lowest BCUT2D eigenvalue weighted by Gasteiger charge is -2.17. The summed E-state index contributed by atoms with van der Waals surface area (Å²) in [5.41, 5.74) is 2.27. The number of nitrogens with one attached hydrogen (secondary N) is 1. The predicted octanol–water partition coefficient (Wildman–Crippen LogP) is 2.76. The lowest BCUT2D eigenvalue weighted by Crippen LogP contribution is -2.28. The van der Waals surface area contributed by atoms with Crippen molar-refractivity contribution in [3.05, 3.63) is 47.7 Å². The average Bonchev–Trinajstić information content (AvgIpc) is 3.17. The van der Waals surface area contributed by atoms with Crippen molar-refractivity contribution in [3.8, 4) is 0 Å². The molecular weight excluding hydrogens is 316 g/mol. The van der Waals surface area contributed by atoms with E-state index in [1.807, 2.05) is 45.0 Å². The molecule has 0 spiro atoms. The molecule has 0 bridgehead atoms. The second-order valence-corrected chi connectivity index (χ2v) is 6.90. The molecule has 132 valence electrons. The number of aromatic nitrogens is 2.